The van der Waals surface area contributed by atoms with Crippen molar-refractivity contribution in [3.63, 3.8) is 0 Å². The summed E-state index contributed by atoms with van der Waals surface area (Å²) < 4.78 is 10.6. The molecule has 0 aliphatic rings. The van der Waals surface area contributed by atoms with Gasteiger partial charge >= 0.3 is 5.97 Å². The van der Waals surface area contributed by atoms with Crippen LogP contribution in [0.5, 0.6) is 11.5 Å². The van der Waals surface area contributed by atoms with Crippen LogP contribution in [0.1, 0.15) is 6.92 Å². The van der Waals surface area contributed by atoms with Gasteiger partial charge in [-0.1, -0.05) is 48.5 Å². The summed E-state index contributed by atoms with van der Waals surface area (Å²) in [7, 11) is 1.65. The highest BCUT2D eigenvalue weighted by Gasteiger charge is 2.10. The maximum Gasteiger partial charge on any atom is 0.308 e. The van der Waals surface area contributed by atoms with E-state index in [-0.39, 0.29) is 5.97 Å². The molecule has 0 unspecified atom stereocenters. The Bertz CT molecular complexity index is 837. The predicted octanol–water partition coefficient (Wildman–Crippen LogP) is 4.95. The monoisotopic (exact) mass is 318 g/mol. The smallest absolute Gasteiger partial charge is 0.308 e. The topological polar surface area (TPSA) is 35.5 Å². The molecule has 120 valence electrons. The van der Waals surface area contributed by atoms with Crippen LogP contribution in [-0.4, -0.2) is 13.1 Å². The second-order valence-electron chi connectivity index (χ2n) is 5.40. The maximum absolute atomic E-state index is 11.4. The fourth-order valence-electron chi connectivity index (χ4n) is 2.58. The molecule has 0 heterocycles. The first-order valence-electron chi connectivity index (χ1n) is 7.69. The van der Waals surface area contributed by atoms with Crippen molar-refractivity contribution < 1.29 is 14.3 Å². The van der Waals surface area contributed by atoms with Crippen LogP contribution >= 0.6 is 0 Å². The third-order valence-electron chi connectivity index (χ3n) is 3.74. The molecule has 0 atom stereocenters. The Hall–Kier alpha value is -3.07. The Morgan fingerprint density at radius 2 is 1.46 bits per heavy atom. The van der Waals surface area contributed by atoms with Crippen LogP contribution in [0.15, 0.2) is 72.8 Å². The van der Waals surface area contributed by atoms with Crippen molar-refractivity contribution in [3.05, 3.63) is 72.8 Å². The van der Waals surface area contributed by atoms with Gasteiger partial charge < -0.3 is 9.47 Å². The summed E-state index contributed by atoms with van der Waals surface area (Å²) in [6, 6.07) is 23.6. The van der Waals surface area contributed by atoms with Gasteiger partial charge in [0, 0.05) is 12.5 Å². The van der Waals surface area contributed by atoms with Gasteiger partial charge in [0.05, 0.1) is 7.11 Å². The highest BCUT2D eigenvalue weighted by atomic mass is 16.5. The molecular weight excluding hydrogens is 300 g/mol. The second-order valence-corrected chi connectivity index (χ2v) is 5.40. The van der Waals surface area contributed by atoms with E-state index in [1.165, 1.54) is 6.92 Å². The lowest BCUT2D eigenvalue weighted by Crippen LogP contribution is -2.02. The van der Waals surface area contributed by atoms with Crippen LogP contribution in [-0.2, 0) is 4.79 Å². The molecule has 3 aromatic carbocycles. The van der Waals surface area contributed by atoms with E-state index in [0.29, 0.717) is 5.75 Å². The molecule has 24 heavy (non-hydrogen) atoms. The third kappa shape index (κ3) is 3.46. The summed E-state index contributed by atoms with van der Waals surface area (Å²) >= 11 is 0. The zero-order valence-electron chi connectivity index (χ0n) is 13.7. The van der Waals surface area contributed by atoms with Crippen LogP contribution in [0.25, 0.3) is 22.3 Å². The molecule has 0 saturated carbocycles. The Labute approximate surface area is 141 Å². The fourth-order valence-corrected chi connectivity index (χ4v) is 2.58. The van der Waals surface area contributed by atoms with Gasteiger partial charge in [-0.05, 0) is 41.0 Å². The standard InChI is InChI=1S/C21H18O3/c1-15(22)24-21-13-10-18(16-8-11-19(23-2)12-9-16)14-20(21)17-6-4-3-5-7-17/h3-14H,1-2H3. The van der Waals surface area contributed by atoms with Gasteiger partial charge in [-0.3, -0.25) is 4.79 Å². The number of rotatable bonds is 4. The number of hydrogen-bond donors (Lipinski definition) is 0. The number of carbonyl (C=O) groups excluding carboxylic acids is 1. The van der Waals surface area contributed by atoms with E-state index in [4.69, 9.17) is 9.47 Å². The largest absolute Gasteiger partial charge is 0.497 e. The van der Waals surface area contributed by atoms with E-state index < -0.39 is 0 Å². The molecule has 0 radical (unpaired) electrons. The van der Waals surface area contributed by atoms with Crippen LogP contribution in [0, 0.1) is 0 Å². The number of esters is 1. The minimum Gasteiger partial charge on any atom is -0.497 e. The Morgan fingerprint density at radius 3 is 2.08 bits per heavy atom. The molecule has 3 rings (SSSR count). The average Bonchev–Trinajstić information content (AvgIpc) is 2.62. The lowest BCUT2D eigenvalue weighted by atomic mass is 9.98. The van der Waals surface area contributed by atoms with Gasteiger partial charge in [0.25, 0.3) is 0 Å². The number of methoxy groups -OCH3 is 1. The molecule has 0 aliphatic carbocycles. The number of ether oxygens (including phenoxy) is 2. The van der Waals surface area contributed by atoms with Gasteiger partial charge in [0.1, 0.15) is 11.5 Å². The minimum atomic E-state index is -0.329. The number of carbonyl (C=O) groups is 1. The molecule has 0 N–H and O–H groups in total. The van der Waals surface area contributed by atoms with Crippen LogP contribution in [0.3, 0.4) is 0 Å². The van der Waals surface area contributed by atoms with Crippen LogP contribution in [0.4, 0.5) is 0 Å². The molecule has 0 saturated heterocycles. The molecule has 0 aromatic heterocycles. The second kappa shape index (κ2) is 7.01. The third-order valence-corrected chi connectivity index (χ3v) is 3.74. The Morgan fingerprint density at radius 1 is 0.792 bits per heavy atom. The van der Waals surface area contributed by atoms with Gasteiger partial charge in [-0.25, -0.2) is 0 Å². The van der Waals surface area contributed by atoms with Crippen molar-refractivity contribution in [2.75, 3.05) is 7.11 Å². The molecular formula is C21H18O3. The molecule has 0 amide bonds. The fraction of sp³-hybridized carbons (Fsp3) is 0.0952. The molecule has 0 aliphatic heterocycles. The maximum atomic E-state index is 11.4. The van der Waals surface area contributed by atoms with E-state index in [0.717, 1.165) is 28.0 Å². The van der Waals surface area contributed by atoms with E-state index in [1.54, 1.807) is 7.11 Å². The van der Waals surface area contributed by atoms with Gasteiger partial charge in [-0.15, -0.1) is 0 Å². The van der Waals surface area contributed by atoms with E-state index >= 15 is 0 Å². The van der Waals surface area contributed by atoms with E-state index in [1.807, 2.05) is 72.8 Å². The van der Waals surface area contributed by atoms with E-state index in [9.17, 15) is 4.79 Å². The van der Waals surface area contributed by atoms with Crippen molar-refractivity contribution in [2.24, 2.45) is 0 Å². The number of hydrogen-bond acceptors (Lipinski definition) is 3. The zero-order chi connectivity index (χ0) is 16.9. The normalized spacial score (nSPS) is 10.2. The van der Waals surface area contributed by atoms with Gasteiger partial charge in [-0.2, -0.15) is 0 Å². The summed E-state index contributed by atoms with van der Waals surface area (Å²) in [6.45, 7) is 1.41. The van der Waals surface area contributed by atoms with Crippen LogP contribution < -0.4 is 9.47 Å². The predicted molar refractivity (Wildman–Crippen MR) is 95.2 cm³/mol. The molecule has 3 nitrogen and oxygen atoms in total. The van der Waals surface area contributed by atoms with Crippen molar-refractivity contribution >= 4 is 5.97 Å². The molecule has 3 heteroatoms. The first-order chi connectivity index (χ1) is 11.7. The van der Waals surface area contributed by atoms with Crippen molar-refractivity contribution in [3.8, 4) is 33.8 Å². The first kappa shape index (κ1) is 15.8. The minimum absolute atomic E-state index is 0.329. The molecule has 0 fully saturated rings. The van der Waals surface area contributed by atoms with E-state index in [2.05, 4.69) is 0 Å². The summed E-state index contributed by atoms with van der Waals surface area (Å²) in [5, 5.41) is 0. The lowest BCUT2D eigenvalue weighted by molar-refractivity contribution is -0.131. The van der Waals surface area contributed by atoms with Gasteiger partial charge in [0.15, 0.2) is 0 Å². The molecule has 0 spiro atoms. The Kier molecular flexibility index (Phi) is 4.62. The highest BCUT2D eigenvalue weighted by molar-refractivity contribution is 5.81. The lowest BCUT2D eigenvalue weighted by Gasteiger charge is -2.12. The Balaban J connectivity index is 2.07. The zero-order valence-corrected chi connectivity index (χ0v) is 13.7. The first-order valence-corrected chi connectivity index (χ1v) is 7.69. The summed E-state index contributed by atoms with van der Waals surface area (Å²) in [5.74, 6) is 1.05. The highest BCUT2D eigenvalue weighted by Crippen LogP contribution is 2.34. The van der Waals surface area contributed by atoms with Gasteiger partial charge in [0.2, 0.25) is 0 Å². The average molecular weight is 318 g/mol. The SMILES string of the molecule is COc1ccc(-c2ccc(OC(C)=O)c(-c3ccccc3)c2)cc1. The summed E-state index contributed by atoms with van der Waals surface area (Å²) in [6.07, 6.45) is 0. The van der Waals surface area contributed by atoms with Crippen LogP contribution in [0.2, 0.25) is 0 Å². The number of benzene rings is 3. The van der Waals surface area contributed by atoms with Crippen molar-refractivity contribution in [1.29, 1.82) is 0 Å². The summed E-state index contributed by atoms with van der Waals surface area (Å²) in [5.41, 5.74) is 4.01. The molecule has 3 aromatic rings. The molecule has 0 bridgehead atoms. The quantitative estimate of drug-likeness (QED) is 0.504. The van der Waals surface area contributed by atoms with Crippen molar-refractivity contribution in [1.82, 2.24) is 0 Å². The van der Waals surface area contributed by atoms with Crippen molar-refractivity contribution in [2.45, 2.75) is 6.92 Å². The summed E-state index contributed by atoms with van der Waals surface area (Å²) in [4.78, 5) is 11.4.